The number of esters is 1. The Bertz CT molecular complexity index is 732. The Kier molecular flexibility index (Phi) is 6.77. The van der Waals surface area contributed by atoms with Crippen LogP contribution in [0.25, 0.3) is 0 Å². The van der Waals surface area contributed by atoms with E-state index in [4.69, 9.17) is 21.7 Å². The number of aryl methyl sites for hydroxylation is 1. The molecule has 1 atom stereocenters. The summed E-state index contributed by atoms with van der Waals surface area (Å²) in [6.07, 6.45) is 0. The van der Waals surface area contributed by atoms with Crippen LogP contribution < -0.4 is 15.4 Å². The molecule has 0 aromatic heterocycles. The Morgan fingerprint density at radius 2 is 1.92 bits per heavy atom. The largest absolute Gasteiger partial charge is 0.491 e. The van der Waals surface area contributed by atoms with Crippen LogP contribution in [0.2, 0.25) is 0 Å². The molecule has 0 heterocycles. The SMILES string of the molecule is COC(=O)c1cccc(NC(=S)NC(C)COc2ccc(C)cc2)c1. The molecule has 0 bridgehead atoms. The molecule has 0 aliphatic heterocycles. The third kappa shape index (κ3) is 6.08. The molecule has 0 radical (unpaired) electrons. The minimum Gasteiger partial charge on any atom is -0.491 e. The quantitative estimate of drug-likeness (QED) is 0.608. The maximum absolute atomic E-state index is 11.6. The fraction of sp³-hybridized carbons (Fsp3) is 0.263. The molecule has 0 fully saturated rings. The molecule has 1 unspecified atom stereocenters. The van der Waals surface area contributed by atoms with Crippen molar-refractivity contribution in [3.8, 4) is 5.75 Å². The first-order valence-electron chi connectivity index (χ1n) is 7.93. The van der Waals surface area contributed by atoms with Gasteiger partial charge >= 0.3 is 5.97 Å². The minimum atomic E-state index is -0.387. The third-order valence-electron chi connectivity index (χ3n) is 3.44. The summed E-state index contributed by atoms with van der Waals surface area (Å²) in [4.78, 5) is 11.6. The molecule has 0 amide bonds. The number of hydrogen-bond donors (Lipinski definition) is 2. The van der Waals surface area contributed by atoms with Gasteiger partial charge in [0, 0.05) is 5.69 Å². The second-order valence-corrected chi connectivity index (χ2v) is 6.10. The van der Waals surface area contributed by atoms with Crippen molar-refractivity contribution in [1.29, 1.82) is 0 Å². The van der Waals surface area contributed by atoms with Crippen molar-refractivity contribution < 1.29 is 14.3 Å². The van der Waals surface area contributed by atoms with Crippen LogP contribution in [0.15, 0.2) is 48.5 Å². The second kappa shape index (κ2) is 9.03. The molecule has 2 rings (SSSR count). The molecule has 25 heavy (non-hydrogen) atoms. The van der Waals surface area contributed by atoms with Gasteiger partial charge in [-0.25, -0.2) is 4.79 Å². The van der Waals surface area contributed by atoms with E-state index in [2.05, 4.69) is 10.6 Å². The lowest BCUT2D eigenvalue weighted by Crippen LogP contribution is -2.39. The third-order valence-corrected chi connectivity index (χ3v) is 3.66. The van der Waals surface area contributed by atoms with Crippen LogP contribution in [-0.4, -0.2) is 30.8 Å². The van der Waals surface area contributed by atoms with Gasteiger partial charge < -0.3 is 20.1 Å². The van der Waals surface area contributed by atoms with Crippen LogP contribution in [0, 0.1) is 6.92 Å². The smallest absolute Gasteiger partial charge is 0.337 e. The molecule has 0 saturated carbocycles. The highest BCUT2D eigenvalue weighted by molar-refractivity contribution is 7.80. The standard InChI is InChI=1S/C19H22N2O3S/c1-13-7-9-17(10-8-13)24-12-14(2)20-19(25)21-16-6-4-5-15(11-16)18(22)23-3/h4-11,14H,12H2,1-3H3,(H2,20,21,25). The molecule has 132 valence electrons. The number of nitrogens with one attached hydrogen (secondary N) is 2. The van der Waals surface area contributed by atoms with Crippen molar-refractivity contribution in [1.82, 2.24) is 5.32 Å². The van der Waals surface area contributed by atoms with E-state index in [1.807, 2.05) is 44.2 Å². The van der Waals surface area contributed by atoms with E-state index in [9.17, 15) is 4.79 Å². The van der Waals surface area contributed by atoms with Crippen molar-refractivity contribution in [2.45, 2.75) is 19.9 Å². The highest BCUT2D eigenvalue weighted by Gasteiger charge is 2.08. The Morgan fingerprint density at radius 3 is 2.60 bits per heavy atom. The van der Waals surface area contributed by atoms with Crippen molar-refractivity contribution in [2.75, 3.05) is 19.0 Å². The fourth-order valence-corrected chi connectivity index (χ4v) is 2.45. The Labute approximate surface area is 153 Å². The van der Waals surface area contributed by atoms with E-state index in [1.165, 1.54) is 12.7 Å². The number of thiocarbonyl (C=S) groups is 1. The van der Waals surface area contributed by atoms with E-state index in [1.54, 1.807) is 18.2 Å². The number of anilines is 1. The maximum Gasteiger partial charge on any atom is 0.337 e. The summed E-state index contributed by atoms with van der Waals surface area (Å²) in [5.41, 5.74) is 2.37. The number of hydrogen-bond acceptors (Lipinski definition) is 4. The molecule has 5 nitrogen and oxygen atoms in total. The molecular formula is C19H22N2O3S. The van der Waals surface area contributed by atoms with Gasteiger partial charge in [-0.2, -0.15) is 0 Å². The summed E-state index contributed by atoms with van der Waals surface area (Å²) >= 11 is 5.30. The first-order valence-corrected chi connectivity index (χ1v) is 8.34. The van der Waals surface area contributed by atoms with Gasteiger partial charge in [-0.1, -0.05) is 23.8 Å². The van der Waals surface area contributed by atoms with Crippen LogP contribution in [0.4, 0.5) is 5.69 Å². The number of benzene rings is 2. The predicted octanol–water partition coefficient (Wildman–Crippen LogP) is 3.54. The summed E-state index contributed by atoms with van der Waals surface area (Å²) < 4.78 is 10.4. The molecule has 0 aliphatic rings. The second-order valence-electron chi connectivity index (χ2n) is 5.70. The van der Waals surface area contributed by atoms with E-state index < -0.39 is 0 Å². The maximum atomic E-state index is 11.6. The van der Waals surface area contributed by atoms with E-state index in [-0.39, 0.29) is 12.0 Å². The van der Waals surface area contributed by atoms with Gasteiger partial charge in [0.2, 0.25) is 0 Å². The van der Waals surface area contributed by atoms with E-state index in [0.29, 0.717) is 23.0 Å². The summed E-state index contributed by atoms with van der Waals surface area (Å²) in [5, 5.41) is 6.67. The monoisotopic (exact) mass is 358 g/mol. The predicted molar refractivity (Wildman–Crippen MR) is 103 cm³/mol. The number of ether oxygens (including phenoxy) is 2. The van der Waals surface area contributed by atoms with Crippen molar-refractivity contribution in [3.63, 3.8) is 0 Å². The molecule has 6 heteroatoms. The molecule has 0 saturated heterocycles. The fourth-order valence-electron chi connectivity index (χ4n) is 2.13. The summed E-state index contributed by atoms with van der Waals surface area (Å²) in [5.74, 6) is 0.436. The van der Waals surface area contributed by atoms with E-state index >= 15 is 0 Å². The lowest BCUT2D eigenvalue weighted by Gasteiger charge is -2.18. The first kappa shape index (κ1) is 18.7. The zero-order valence-electron chi connectivity index (χ0n) is 14.5. The van der Waals surface area contributed by atoms with Gasteiger partial charge in [-0.15, -0.1) is 0 Å². The number of carbonyl (C=O) groups is 1. The van der Waals surface area contributed by atoms with Gasteiger partial charge in [0.1, 0.15) is 12.4 Å². The Morgan fingerprint density at radius 1 is 1.20 bits per heavy atom. The van der Waals surface area contributed by atoms with Crippen LogP contribution in [0.3, 0.4) is 0 Å². The van der Waals surface area contributed by atoms with Crippen molar-refractivity contribution in [3.05, 3.63) is 59.7 Å². The minimum absolute atomic E-state index is 0.0186. The van der Waals surface area contributed by atoms with Crippen LogP contribution in [0.5, 0.6) is 5.75 Å². The lowest BCUT2D eigenvalue weighted by molar-refractivity contribution is 0.0601. The number of methoxy groups -OCH3 is 1. The average molecular weight is 358 g/mol. The van der Waals surface area contributed by atoms with Gasteiger partial charge in [0.15, 0.2) is 5.11 Å². The summed E-state index contributed by atoms with van der Waals surface area (Å²) in [6, 6.07) is 14.9. The molecule has 0 spiro atoms. The molecular weight excluding hydrogens is 336 g/mol. The Balaban J connectivity index is 1.83. The van der Waals surface area contributed by atoms with Crippen molar-refractivity contribution in [2.24, 2.45) is 0 Å². The number of carbonyl (C=O) groups excluding carboxylic acids is 1. The topological polar surface area (TPSA) is 59.6 Å². The Hall–Kier alpha value is -2.60. The summed E-state index contributed by atoms with van der Waals surface area (Å²) in [6.45, 7) is 4.49. The highest BCUT2D eigenvalue weighted by atomic mass is 32.1. The molecule has 0 aliphatic carbocycles. The van der Waals surface area contributed by atoms with Gasteiger partial charge in [0.05, 0.1) is 18.7 Å². The van der Waals surface area contributed by atoms with Crippen LogP contribution >= 0.6 is 12.2 Å². The summed E-state index contributed by atoms with van der Waals surface area (Å²) in [7, 11) is 1.35. The number of rotatable bonds is 6. The molecule has 2 aromatic carbocycles. The van der Waals surface area contributed by atoms with Gasteiger partial charge in [0.25, 0.3) is 0 Å². The van der Waals surface area contributed by atoms with Gasteiger partial charge in [-0.05, 0) is 56.4 Å². The highest BCUT2D eigenvalue weighted by Crippen LogP contribution is 2.13. The van der Waals surface area contributed by atoms with Gasteiger partial charge in [-0.3, -0.25) is 0 Å². The van der Waals surface area contributed by atoms with Crippen LogP contribution in [-0.2, 0) is 4.74 Å². The van der Waals surface area contributed by atoms with E-state index in [0.717, 1.165) is 5.75 Å². The molecule has 2 N–H and O–H groups in total. The molecule has 2 aromatic rings. The van der Waals surface area contributed by atoms with Crippen molar-refractivity contribution >= 4 is 29.0 Å². The zero-order valence-corrected chi connectivity index (χ0v) is 15.4. The lowest BCUT2D eigenvalue weighted by atomic mass is 10.2. The average Bonchev–Trinajstić information content (AvgIpc) is 2.60. The van der Waals surface area contributed by atoms with Crippen LogP contribution in [0.1, 0.15) is 22.8 Å². The first-order chi connectivity index (χ1) is 12.0. The zero-order chi connectivity index (χ0) is 18.2. The normalized spacial score (nSPS) is 11.3.